The first-order valence-corrected chi connectivity index (χ1v) is 6.14. The molecular weight excluding hydrogens is 298 g/mol. The highest BCUT2D eigenvalue weighted by Gasteiger charge is 2.07. The van der Waals surface area contributed by atoms with E-state index in [0.29, 0.717) is 5.82 Å². The fourth-order valence-electron chi connectivity index (χ4n) is 1.56. The predicted octanol–water partition coefficient (Wildman–Crippen LogP) is 1.78. The highest BCUT2D eigenvalue weighted by atomic mass is 79.9. The molecule has 0 atom stereocenters. The van der Waals surface area contributed by atoms with Crippen molar-refractivity contribution in [2.45, 2.75) is 13.2 Å². The van der Waals surface area contributed by atoms with Gasteiger partial charge in [0.15, 0.2) is 0 Å². The van der Waals surface area contributed by atoms with Gasteiger partial charge in [-0.3, -0.25) is 4.79 Å². The molecule has 0 aliphatic rings. The molecule has 0 aliphatic heterocycles. The van der Waals surface area contributed by atoms with E-state index in [2.05, 4.69) is 26.2 Å². The average Bonchev–Trinajstić information content (AvgIpc) is 2.76. The maximum atomic E-state index is 11.8. The van der Waals surface area contributed by atoms with Gasteiger partial charge in [-0.1, -0.05) is 22.0 Å². The Morgan fingerprint density at radius 3 is 3.06 bits per heavy atom. The molecule has 18 heavy (non-hydrogen) atoms. The molecule has 2 rings (SSSR count). The summed E-state index contributed by atoms with van der Waals surface area (Å²) in [5.41, 5.74) is 0.722. The van der Waals surface area contributed by atoms with E-state index < -0.39 is 0 Å². The summed E-state index contributed by atoms with van der Waals surface area (Å²) in [6.07, 6.45) is 3.21. The second kappa shape index (κ2) is 5.79. The summed E-state index contributed by atoms with van der Waals surface area (Å²) in [5.74, 6) is 0.306. The van der Waals surface area contributed by atoms with E-state index >= 15 is 0 Å². The summed E-state index contributed by atoms with van der Waals surface area (Å²) < 4.78 is 2.51. The van der Waals surface area contributed by atoms with E-state index in [1.165, 1.54) is 0 Å². The van der Waals surface area contributed by atoms with E-state index in [9.17, 15) is 4.79 Å². The smallest absolute Gasteiger partial charge is 0.244 e. The normalized spacial score (nSPS) is 10.3. The first-order chi connectivity index (χ1) is 8.69. The standard InChI is InChI=1S/C12H12BrN3O2/c13-9-2-1-3-10(6-9)15-12(18)7-16-5-4-14-11(16)8-17/h1-6,17H,7-8H2,(H,15,18). The molecule has 0 saturated carbocycles. The van der Waals surface area contributed by atoms with Crippen LogP contribution in [-0.2, 0) is 17.9 Å². The predicted molar refractivity (Wildman–Crippen MR) is 70.9 cm³/mol. The number of carbonyl (C=O) groups excluding carboxylic acids is 1. The van der Waals surface area contributed by atoms with Crippen LogP contribution in [0.2, 0.25) is 0 Å². The molecule has 2 N–H and O–H groups in total. The molecular formula is C12H12BrN3O2. The number of aliphatic hydroxyl groups excluding tert-OH is 1. The van der Waals surface area contributed by atoms with E-state index in [1.807, 2.05) is 24.3 Å². The van der Waals surface area contributed by atoms with Crippen molar-refractivity contribution in [3.05, 3.63) is 47.0 Å². The van der Waals surface area contributed by atoms with Gasteiger partial charge < -0.3 is 15.0 Å². The SMILES string of the molecule is O=C(Cn1ccnc1CO)Nc1cccc(Br)c1. The molecule has 0 spiro atoms. The van der Waals surface area contributed by atoms with Crippen molar-refractivity contribution in [1.82, 2.24) is 9.55 Å². The van der Waals surface area contributed by atoms with Crippen LogP contribution >= 0.6 is 15.9 Å². The molecule has 2 aromatic rings. The lowest BCUT2D eigenvalue weighted by Crippen LogP contribution is -2.19. The highest BCUT2D eigenvalue weighted by molar-refractivity contribution is 9.10. The molecule has 1 aromatic carbocycles. The van der Waals surface area contributed by atoms with Crippen molar-refractivity contribution in [2.24, 2.45) is 0 Å². The molecule has 0 bridgehead atoms. The van der Waals surface area contributed by atoms with Crippen molar-refractivity contribution < 1.29 is 9.90 Å². The van der Waals surface area contributed by atoms with Crippen LogP contribution in [0.4, 0.5) is 5.69 Å². The third-order valence-electron chi connectivity index (χ3n) is 2.37. The van der Waals surface area contributed by atoms with Crippen LogP contribution in [0.25, 0.3) is 0 Å². The first-order valence-electron chi connectivity index (χ1n) is 5.35. The van der Waals surface area contributed by atoms with Gasteiger partial charge in [-0.15, -0.1) is 0 Å². The number of aromatic nitrogens is 2. The monoisotopic (exact) mass is 309 g/mol. The molecule has 0 saturated heterocycles. The molecule has 0 fully saturated rings. The van der Waals surface area contributed by atoms with Gasteiger partial charge in [0.25, 0.3) is 0 Å². The summed E-state index contributed by atoms with van der Waals surface area (Å²) in [6.45, 7) is -0.0560. The minimum Gasteiger partial charge on any atom is -0.388 e. The van der Waals surface area contributed by atoms with Crippen LogP contribution in [-0.4, -0.2) is 20.6 Å². The number of hydrogen-bond donors (Lipinski definition) is 2. The van der Waals surface area contributed by atoms with Crippen LogP contribution in [0.3, 0.4) is 0 Å². The van der Waals surface area contributed by atoms with Gasteiger partial charge in [0.2, 0.25) is 5.91 Å². The fourth-order valence-corrected chi connectivity index (χ4v) is 1.96. The van der Waals surface area contributed by atoms with Crippen molar-refractivity contribution in [3.8, 4) is 0 Å². The number of aliphatic hydroxyl groups is 1. The maximum absolute atomic E-state index is 11.8. The fraction of sp³-hybridized carbons (Fsp3) is 0.167. The van der Waals surface area contributed by atoms with Crippen LogP contribution in [0.5, 0.6) is 0 Å². The molecule has 1 heterocycles. The minimum absolute atomic E-state index is 0.127. The maximum Gasteiger partial charge on any atom is 0.244 e. The summed E-state index contributed by atoms with van der Waals surface area (Å²) in [6, 6.07) is 7.35. The number of amides is 1. The molecule has 0 unspecified atom stereocenters. The zero-order valence-electron chi connectivity index (χ0n) is 9.51. The third kappa shape index (κ3) is 3.18. The zero-order chi connectivity index (χ0) is 13.0. The molecule has 0 aliphatic carbocycles. The Morgan fingerprint density at radius 1 is 1.50 bits per heavy atom. The van der Waals surface area contributed by atoms with Gasteiger partial charge in [0.05, 0.1) is 0 Å². The average molecular weight is 310 g/mol. The van der Waals surface area contributed by atoms with E-state index in [4.69, 9.17) is 5.11 Å². The number of hydrogen-bond acceptors (Lipinski definition) is 3. The lowest BCUT2D eigenvalue weighted by atomic mass is 10.3. The Labute approximate surface area is 113 Å². The Balaban J connectivity index is 2.01. The molecule has 1 amide bonds. The number of nitrogens with one attached hydrogen (secondary N) is 1. The van der Waals surface area contributed by atoms with Gasteiger partial charge in [0, 0.05) is 22.6 Å². The molecule has 94 valence electrons. The van der Waals surface area contributed by atoms with Crippen molar-refractivity contribution in [2.75, 3.05) is 5.32 Å². The zero-order valence-corrected chi connectivity index (χ0v) is 11.1. The molecule has 0 radical (unpaired) electrons. The lowest BCUT2D eigenvalue weighted by Gasteiger charge is -2.08. The Hall–Kier alpha value is -1.66. The Morgan fingerprint density at radius 2 is 2.33 bits per heavy atom. The Bertz CT molecular complexity index is 554. The van der Waals surface area contributed by atoms with Gasteiger partial charge in [-0.25, -0.2) is 4.98 Å². The number of imidazole rings is 1. The van der Waals surface area contributed by atoms with Crippen LogP contribution in [0.1, 0.15) is 5.82 Å². The number of anilines is 1. The van der Waals surface area contributed by atoms with Crippen molar-refractivity contribution in [1.29, 1.82) is 0 Å². The second-order valence-electron chi connectivity index (χ2n) is 3.69. The number of carbonyl (C=O) groups is 1. The number of rotatable bonds is 4. The quantitative estimate of drug-likeness (QED) is 0.904. The second-order valence-corrected chi connectivity index (χ2v) is 4.60. The molecule has 5 nitrogen and oxygen atoms in total. The molecule has 6 heteroatoms. The van der Waals surface area contributed by atoms with Crippen LogP contribution in [0, 0.1) is 0 Å². The molecule has 1 aromatic heterocycles. The summed E-state index contributed by atoms with van der Waals surface area (Å²) in [4.78, 5) is 15.7. The van der Waals surface area contributed by atoms with Gasteiger partial charge in [-0.2, -0.15) is 0 Å². The summed E-state index contributed by atoms with van der Waals surface area (Å²) in [7, 11) is 0. The van der Waals surface area contributed by atoms with Crippen molar-refractivity contribution in [3.63, 3.8) is 0 Å². The van der Waals surface area contributed by atoms with Crippen molar-refractivity contribution >= 4 is 27.5 Å². The highest BCUT2D eigenvalue weighted by Crippen LogP contribution is 2.15. The van der Waals surface area contributed by atoms with E-state index in [1.54, 1.807) is 17.0 Å². The minimum atomic E-state index is -0.183. The number of benzene rings is 1. The Kier molecular flexibility index (Phi) is 4.11. The largest absolute Gasteiger partial charge is 0.388 e. The lowest BCUT2D eigenvalue weighted by molar-refractivity contribution is -0.116. The van der Waals surface area contributed by atoms with Crippen LogP contribution in [0.15, 0.2) is 41.1 Å². The van der Waals surface area contributed by atoms with Gasteiger partial charge in [0.1, 0.15) is 19.0 Å². The van der Waals surface area contributed by atoms with Crippen LogP contribution < -0.4 is 5.32 Å². The number of halogens is 1. The van der Waals surface area contributed by atoms with Gasteiger partial charge >= 0.3 is 0 Å². The summed E-state index contributed by atoms with van der Waals surface area (Å²) >= 11 is 3.34. The van der Waals surface area contributed by atoms with Gasteiger partial charge in [-0.05, 0) is 18.2 Å². The van der Waals surface area contributed by atoms with E-state index in [0.717, 1.165) is 10.2 Å². The third-order valence-corrected chi connectivity index (χ3v) is 2.86. The topological polar surface area (TPSA) is 67.2 Å². The first kappa shape index (κ1) is 12.8. The summed E-state index contributed by atoms with van der Waals surface area (Å²) in [5, 5.41) is 11.8. The van der Waals surface area contributed by atoms with E-state index in [-0.39, 0.29) is 19.1 Å². The number of nitrogens with zero attached hydrogens (tertiary/aromatic N) is 2.